The zero-order chi connectivity index (χ0) is 15.3. The van der Waals surface area contributed by atoms with Gasteiger partial charge >= 0.3 is 5.97 Å². The van der Waals surface area contributed by atoms with E-state index >= 15 is 0 Å². The third kappa shape index (κ3) is 5.43. The van der Waals surface area contributed by atoms with E-state index < -0.39 is 11.4 Å². The Morgan fingerprint density at radius 3 is 2.15 bits per heavy atom. The Bertz CT molecular complexity index is 472. The molecule has 4 heteroatoms. The molecule has 0 amide bonds. The van der Waals surface area contributed by atoms with Crippen molar-refractivity contribution in [1.82, 2.24) is 0 Å². The Hall–Kier alpha value is -1.84. The smallest absolute Gasteiger partial charge is 0.303 e. The van der Waals surface area contributed by atoms with E-state index in [0.29, 0.717) is 5.56 Å². The lowest BCUT2D eigenvalue weighted by Gasteiger charge is -2.21. The molecule has 0 saturated heterocycles. The van der Waals surface area contributed by atoms with Crippen LogP contribution in [-0.4, -0.2) is 23.0 Å². The third-order valence-corrected chi connectivity index (χ3v) is 2.82. The molecule has 1 N–H and O–H groups in total. The van der Waals surface area contributed by atoms with Crippen LogP contribution in [0.4, 0.5) is 0 Å². The summed E-state index contributed by atoms with van der Waals surface area (Å²) in [5, 5.41) is 8.82. The van der Waals surface area contributed by atoms with Gasteiger partial charge in [-0.15, -0.1) is 0 Å². The van der Waals surface area contributed by atoms with Crippen molar-refractivity contribution < 1.29 is 19.4 Å². The SMILES string of the molecule is CC(C)Oc1ccc(C(=O)CC(C)(C)CC(=O)O)cc1. The molecule has 20 heavy (non-hydrogen) atoms. The summed E-state index contributed by atoms with van der Waals surface area (Å²) in [7, 11) is 0. The second kappa shape index (κ2) is 6.55. The molecule has 0 heterocycles. The van der Waals surface area contributed by atoms with Crippen molar-refractivity contribution in [1.29, 1.82) is 0 Å². The number of ether oxygens (including phenoxy) is 1. The fourth-order valence-electron chi connectivity index (χ4n) is 2.00. The van der Waals surface area contributed by atoms with Crippen LogP contribution in [0.5, 0.6) is 5.75 Å². The average Bonchev–Trinajstić information content (AvgIpc) is 2.26. The molecular formula is C16H22O4. The maximum absolute atomic E-state index is 12.1. The molecule has 0 fully saturated rings. The minimum atomic E-state index is -0.886. The molecule has 110 valence electrons. The molecular weight excluding hydrogens is 256 g/mol. The molecule has 0 unspecified atom stereocenters. The normalized spacial score (nSPS) is 11.4. The first kappa shape index (κ1) is 16.2. The van der Waals surface area contributed by atoms with Gasteiger partial charge in [0.1, 0.15) is 5.75 Å². The monoisotopic (exact) mass is 278 g/mol. The summed E-state index contributed by atoms with van der Waals surface area (Å²) in [5.41, 5.74) is 0.0373. The summed E-state index contributed by atoms with van der Waals surface area (Å²) < 4.78 is 5.51. The Labute approximate surface area is 119 Å². The number of Topliss-reactive ketones (excluding diaryl/α,β-unsaturated/α-hetero) is 1. The van der Waals surface area contributed by atoms with Crippen LogP contribution in [0.3, 0.4) is 0 Å². The minimum absolute atomic E-state index is 0.0206. The van der Waals surface area contributed by atoms with E-state index in [4.69, 9.17) is 9.84 Å². The number of aliphatic carboxylic acids is 1. The van der Waals surface area contributed by atoms with Crippen LogP contribution in [-0.2, 0) is 4.79 Å². The molecule has 0 atom stereocenters. The fourth-order valence-corrected chi connectivity index (χ4v) is 2.00. The van der Waals surface area contributed by atoms with Gasteiger partial charge in [-0.2, -0.15) is 0 Å². The van der Waals surface area contributed by atoms with Crippen LogP contribution in [0, 0.1) is 5.41 Å². The molecule has 0 aromatic heterocycles. The van der Waals surface area contributed by atoms with Gasteiger partial charge in [0.2, 0.25) is 0 Å². The first-order chi connectivity index (χ1) is 9.19. The van der Waals surface area contributed by atoms with Crippen LogP contribution >= 0.6 is 0 Å². The summed E-state index contributed by atoms with van der Waals surface area (Å²) in [6.07, 6.45) is 0.280. The second-order valence-electron chi connectivity index (χ2n) is 6.03. The van der Waals surface area contributed by atoms with Gasteiger partial charge in [0.25, 0.3) is 0 Å². The first-order valence-corrected chi connectivity index (χ1v) is 6.71. The van der Waals surface area contributed by atoms with Gasteiger partial charge in [-0.3, -0.25) is 9.59 Å². The van der Waals surface area contributed by atoms with E-state index in [-0.39, 0.29) is 24.7 Å². The number of hydrogen-bond donors (Lipinski definition) is 1. The molecule has 0 radical (unpaired) electrons. The van der Waals surface area contributed by atoms with Crippen molar-refractivity contribution in [2.75, 3.05) is 0 Å². The van der Waals surface area contributed by atoms with Crippen molar-refractivity contribution in [2.24, 2.45) is 5.41 Å². The van der Waals surface area contributed by atoms with Gasteiger partial charge in [0.15, 0.2) is 5.78 Å². The lowest BCUT2D eigenvalue weighted by atomic mass is 9.82. The standard InChI is InChI=1S/C16H22O4/c1-11(2)20-13-7-5-12(6-8-13)14(17)9-16(3,4)10-15(18)19/h5-8,11H,9-10H2,1-4H3,(H,18,19). The van der Waals surface area contributed by atoms with Gasteiger partial charge in [-0.25, -0.2) is 0 Å². The number of carbonyl (C=O) groups is 2. The number of rotatable bonds is 7. The van der Waals surface area contributed by atoms with Crippen LogP contribution in [0.25, 0.3) is 0 Å². The molecule has 0 saturated carbocycles. The molecule has 0 aliphatic carbocycles. The number of carboxylic acids is 1. The zero-order valence-corrected chi connectivity index (χ0v) is 12.5. The minimum Gasteiger partial charge on any atom is -0.491 e. The van der Waals surface area contributed by atoms with Crippen LogP contribution in [0.2, 0.25) is 0 Å². The van der Waals surface area contributed by atoms with Gasteiger partial charge < -0.3 is 9.84 Å². The zero-order valence-electron chi connectivity index (χ0n) is 12.5. The largest absolute Gasteiger partial charge is 0.491 e. The molecule has 1 aromatic rings. The van der Waals surface area contributed by atoms with Crippen molar-refractivity contribution in [3.05, 3.63) is 29.8 Å². The number of carboxylic acid groups (broad SMARTS) is 1. The Kier molecular flexibility index (Phi) is 5.31. The first-order valence-electron chi connectivity index (χ1n) is 6.71. The highest BCUT2D eigenvalue weighted by Crippen LogP contribution is 2.27. The predicted octanol–water partition coefficient (Wildman–Crippen LogP) is 3.55. The van der Waals surface area contributed by atoms with Crippen molar-refractivity contribution in [2.45, 2.75) is 46.6 Å². The predicted molar refractivity (Wildman–Crippen MR) is 77.2 cm³/mol. The highest BCUT2D eigenvalue weighted by Gasteiger charge is 2.25. The van der Waals surface area contributed by atoms with Gasteiger partial charge in [0, 0.05) is 12.0 Å². The quantitative estimate of drug-likeness (QED) is 0.775. The summed E-state index contributed by atoms with van der Waals surface area (Å²) in [4.78, 5) is 22.9. The number of ketones is 1. The van der Waals surface area contributed by atoms with Crippen LogP contribution in [0.15, 0.2) is 24.3 Å². The van der Waals surface area contributed by atoms with E-state index in [2.05, 4.69) is 0 Å². The van der Waals surface area contributed by atoms with Crippen LogP contribution in [0.1, 0.15) is 50.9 Å². The highest BCUT2D eigenvalue weighted by molar-refractivity contribution is 5.96. The highest BCUT2D eigenvalue weighted by atomic mass is 16.5. The molecule has 4 nitrogen and oxygen atoms in total. The summed E-state index contributed by atoms with van der Waals surface area (Å²) in [5.74, 6) is -0.211. The third-order valence-electron chi connectivity index (χ3n) is 2.82. The lowest BCUT2D eigenvalue weighted by molar-refractivity contribution is -0.139. The summed E-state index contributed by atoms with van der Waals surface area (Å²) in [6.45, 7) is 7.45. The number of benzene rings is 1. The van der Waals surface area contributed by atoms with E-state index in [1.165, 1.54) is 0 Å². The summed E-state index contributed by atoms with van der Waals surface area (Å²) >= 11 is 0. The molecule has 0 spiro atoms. The topological polar surface area (TPSA) is 63.6 Å². The Morgan fingerprint density at radius 2 is 1.70 bits per heavy atom. The molecule has 1 aromatic carbocycles. The van der Waals surface area contributed by atoms with E-state index in [1.807, 2.05) is 13.8 Å². The number of carbonyl (C=O) groups excluding carboxylic acids is 1. The fraction of sp³-hybridized carbons (Fsp3) is 0.500. The molecule has 0 bridgehead atoms. The van der Waals surface area contributed by atoms with E-state index in [9.17, 15) is 9.59 Å². The number of hydrogen-bond acceptors (Lipinski definition) is 3. The van der Waals surface area contributed by atoms with Gasteiger partial charge in [-0.05, 0) is 43.5 Å². The average molecular weight is 278 g/mol. The van der Waals surface area contributed by atoms with Crippen molar-refractivity contribution in [3.8, 4) is 5.75 Å². The van der Waals surface area contributed by atoms with Crippen molar-refractivity contribution >= 4 is 11.8 Å². The molecule has 0 aliphatic heterocycles. The lowest BCUT2D eigenvalue weighted by Crippen LogP contribution is -2.21. The maximum atomic E-state index is 12.1. The van der Waals surface area contributed by atoms with Gasteiger partial charge in [0.05, 0.1) is 12.5 Å². The second-order valence-corrected chi connectivity index (χ2v) is 6.03. The summed E-state index contributed by atoms with van der Waals surface area (Å²) in [6, 6.07) is 6.96. The molecule has 0 aliphatic rings. The van der Waals surface area contributed by atoms with Crippen LogP contribution < -0.4 is 4.74 Å². The maximum Gasteiger partial charge on any atom is 0.303 e. The van der Waals surface area contributed by atoms with Gasteiger partial charge in [-0.1, -0.05) is 13.8 Å². The molecule has 1 rings (SSSR count). The van der Waals surface area contributed by atoms with E-state index in [1.54, 1.807) is 38.1 Å². The van der Waals surface area contributed by atoms with Crippen molar-refractivity contribution in [3.63, 3.8) is 0 Å². The Morgan fingerprint density at radius 1 is 1.15 bits per heavy atom. The van der Waals surface area contributed by atoms with E-state index in [0.717, 1.165) is 5.75 Å². The Balaban J connectivity index is 2.70.